The SMILES string of the molecule is CCC(C)C1C(=O)NC(Cc2cc(Cl)c(OCCNCC(C)C)c(Cl)c2)C(=O)NC(C(C)(C)O)C(=O)OC(c2ccccc2)C(C)/C=C/C=C(\C)C(OC)CC2OC2(C)C(=O)N1C. The molecule has 0 aliphatic carbocycles. The minimum absolute atomic E-state index is 0.145. The quantitative estimate of drug-likeness (QED) is 0.0957. The molecular formula is C48H68Cl2N4O9. The highest BCUT2D eigenvalue weighted by atomic mass is 35.5. The van der Waals surface area contributed by atoms with Gasteiger partial charge in [-0.2, -0.15) is 0 Å². The molecule has 0 bridgehead atoms. The van der Waals surface area contributed by atoms with Gasteiger partial charge in [-0.1, -0.05) is 113 Å². The third kappa shape index (κ3) is 13.8. The van der Waals surface area contributed by atoms with Crippen molar-refractivity contribution >= 4 is 46.9 Å². The predicted molar refractivity (Wildman–Crippen MR) is 246 cm³/mol. The van der Waals surface area contributed by atoms with Crippen LogP contribution in [0.4, 0.5) is 0 Å². The zero-order valence-corrected chi connectivity index (χ0v) is 40.1. The number of carbonyl (C=O) groups is 4. The number of ether oxygens (including phenoxy) is 4. The summed E-state index contributed by atoms with van der Waals surface area (Å²) in [7, 11) is 3.15. The van der Waals surface area contributed by atoms with Crippen LogP contribution in [0.5, 0.6) is 5.75 Å². The van der Waals surface area contributed by atoms with Crippen molar-refractivity contribution in [3.63, 3.8) is 0 Å². The molecule has 2 aliphatic rings. The lowest BCUT2D eigenvalue weighted by Gasteiger charge is -2.35. The molecule has 9 atom stereocenters. The van der Waals surface area contributed by atoms with E-state index in [1.165, 1.54) is 18.7 Å². The topological polar surface area (TPSA) is 168 Å². The van der Waals surface area contributed by atoms with Gasteiger partial charge < -0.3 is 44.9 Å². The van der Waals surface area contributed by atoms with E-state index in [1.54, 1.807) is 33.2 Å². The number of cyclic esters (lactones) is 1. The van der Waals surface area contributed by atoms with Crippen molar-refractivity contribution < 1.29 is 43.2 Å². The number of esters is 1. The second-order valence-electron chi connectivity index (χ2n) is 18.0. The Morgan fingerprint density at radius 1 is 1.05 bits per heavy atom. The number of carbonyl (C=O) groups excluding carboxylic acids is 4. The number of likely N-dealkylation sites (N-methyl/N-ethyl adjacent to an activating group) is 1. The Hall–Kier alpha value is -3.98. The van der Waals surface area contributed by atoms with Crippen LogP contribution in [0.1, 0.15) is 92.4 Å². The van der Waals surface area contributed by atoms with Crippen molar-refractivity contribution in [2.24, 2.45) is 17.8 Å². The summed E-state index contributed by atoms with van der Waals surface area (Å²) in [5.74, 6) is -2.70. The van der Waals surface area contributed by atoms with Gasteiger partial charge in [0, 0.05) is 39.5 Å². The number of hydrogen-bond donors (Lipinski definition) is 4. The average molecular weight is 916 g/mol. The van der Waals surface area contributed by atoms with Crippen LogP contribution in [0.25, 0.3) is 0 Å². The molecule has 0 saturated carbocycles. The van der Waals surface area contributed by atoms with Gasteiger partial charge in [0.15, 0.2) is 17.4 Å². The van der Waals surface area contributed by atoms with Crippen molar-refractivity contribution in [1.29, 1.82) is 0 Å². The molecule has 63 heavy (non-hydrogen) atoms. The van der Waals surface area contributed by atoms with Gasteiger partial charge in [0.2, 0.25) is 11.8 Å². The van der Waals surface area contributed by atoms with Crippen LogP contribution in [0.3, 0.4) is 0 Å². The number of allylic oxidation sites excluding steroid dienone is 2. The molecule has 0 aromatic heterocycles. The molecular weight excluding hydrogens is 847 g/mol. The van der Waals surface area contributed by atoms with Gasteiger partial charge in [-0.05, 0) is 74.9 Å². The van der Waals surface area contributed by atoms with Crippen LogP contribution in [0, 0.1) is 17.8 Å². The van der Waals surface area contributed by atoms with E-state index in [0.29, 0.717) is 43.0 Å². The molecule has 4 N–H and O–H groups in total. The molecule has 1 fully saturated rings. The summed E-state index contributed by atoms with van der Waals surface area (Å²) in [6.07, 6.45) is 4.72. The van der Waals surface area contributed by atoms with Crippen molar-refractivity contribution in [2.75, 3.05) is 33.9 Å². The van der Waals surface area contributed by atoms with Gasteiger partial charge in [-0.3, -0.25) is 14.4 Å². The largest absolute Gasteiger partial charge is 0.489 e. The van der Waals surface area contributed by atoms with Gasteiger partial charge in [0.25, 0.3) is 5.91 Å². The fraction of sp³-hybridized carbons (Fsp3) is 0.583. The highest BCUT2D eigenvalue weighted by molar-refractivity contribution is 6.37. The summed E-state index contributed by atoms with van der Waals surface area (Å²) in [5.41, 5.74) is -1.00. The number of hydrogen-bond acceptors (Lipinski definition) is 10. The Balaban J connectivity index is 1.79. The maximum Gasteiger partial charge on any atom is 0.332 e. The summed E-state index contributed by atoms with van der Waals surface area (Å²) in [5, 5.41) is 20.7. The normalized spacial score (nSPS) is 28.7. The number of benzene rings is 2. The standard InChI is InChI=1S/C48H68Cl2N4O9/c1-12-29(4)39-44(56)52-36(25-32-23-34(49)41(35(50)24-32)61-22-21-51-27-28(2)3)43(55)53-42(47(7,8)59)45(57)62-40(33-19-14-13-15-20-33)31(6)18-16-17-30(5)37(60-11)26-38-48(9,63-38)46(58)54(39)10/h13-20,23-24,28-29,31,36-40,42,51,59H,12,21-22,25-27H2,1-11H3,(H,52,56)(H,53,55)/b18-16+,30-17+. The Morgan fingerprint density at radius 2 is 1.70 bits per heavy atom. The van der Waals surface area contributed by atoms with Crippen LogP contribution < -0.4 is 20.7 Å². The third-order valence-corrected chi connectivity index (χ3v) is 12.4. The summed E-state index contributed by atoms with van der Waals surface area (Å²) in [6.45, 7) is 18.0. The average Bonchev–Trinajstić information content (AvgIpc) is 3.89. The number of amides is 3. The number of epoxide rings is 1. The molecule has 0 spiro atoms. The second kappa shape index (κ2) is 22.8. The number of fused-ring (bicyclic) bond motifs is 1. The monoisotopic (exact) mass is 914 g/mol. The van der Waals surface area contributed by atoms with Gasteiger partial charge in [0.1, 0.15) is 24.8 Å². The summed E-state index contributed by atoms with van der Waals surface area (Å²) in [6, 6.07) is 8.41. The molecule has 2 aromatic carbocycles. The molecule has 15 heteroatoms. The first-order valence-electron chi connectivity index (χ1n) is 21.9. The molecule has 348 valence electrons. The van der Waals surface area contributed by atoms with E-state index in [4.69, 9.17) is 42.1 Å². The highest BCUT2D eigenvalue weighted by Gasteiger charge is 2.61. The van der Waals surface area contributed by atoms with Gasteiger partial charge >= 0.3 is 5.97 Å². The van der Waals surface area contributed by atoms with E-state index in [9.17, 15) is 24.3 Å². The minimum Gasteiger partial charge on any atom is -0.489 e. The molecule has 13 nitrogen and oxygen atoms in total. The van der Waals surface area contributed by atoms with E-state index in [-0.39, 0.29) is 40.2 Å². The maximum atomic E-state index is 14.6. The Labute approximate surface area is 383 Å². The second-order valence-corrected chi connectivity index (χ2v) is 18.9. The van der Waals surface area contributed by atoms with Crippen LogP contribution in [0.15, 0.2) is 66.3 Å². The molecule has 0 radical (unpaired) electrons. The zero-order chi connectivity index (χ0) is 46.8. The van der Waals surface area contributed by atoms with E-state index in [2.05, 4.69) is 29.8 Å². The lowest BCUT2D eigenvalue weighted by molar-refractivity contribution is -0.162. The number of halogens is 2. The number of methoxy groups -OCH3 is 1. The first-order chi connectivity index (χ1) is 29.6. The zero-order valence-electron chi connectivity index (χ0n) is 38.6. The molecule has 2 heterocycles. The van der Waals surface area contributed by atoms with Crippen molar-refractivity contribution in [2.45, 2.75) is 129 Å². The molecule has 4 rings (SSSR count). The van der Waals surface area contributed by atoms with Crippen molar-refractivity contribution in [3.05, 3.63) is 87.4 Å². The van der Waals surface area contributed by atoms with Crippen molar-refractivity contribution in [3.8, 4) is 5.75 Å². The number of rotatable bonds is 13. The molecule has 2 aromatic rings. The van der Waals surface area contributed by atoms with E-state index >= 15 is 0 Å². The highest BCUT2D eigenvalue weighted by Crippen LogP contribution is 2.43. The Morgan fingerprint density at radius 3 is 2.29 bits per heavy atom. The van der Waals surface area contributed by atoms with Crippen LogP contribution >= 0.6 is 23.2 Å². The lowest BCUT2D eigenvalue weighted by atomic mass is 9.93. The maximum absolute atomic E-state index is 14.6. The van der Waals surface area contributed by atoms with Crippen LogP contribution in [-0.2, 0) is 39.8 Å². The summed E-state index contributed by atoms with van der Waals surface area (Å²) >= 11 is 13.4. The van der Waals surface area contributed by atoms with Crippen molar-refractivity contribution in [1.82, 2.24) is 20.9 Å². The number of nitrogens with zero attached hydrogens (tertiary/aromatic N) is 1. The van der Waals surface area contributed by atoms with E-state index < -0.39 is 65.2 Å². The first kappa shape index (κ1) is 51.7. The van der Waals surface area contributed by atoms with Crippen LogP contribution in [0.2, 0.25) is 10.0 Å². The number of aliphatic hydroxyl groups is 1. The van der Waals surface area contributed by atoms with Gasteiger partial charge in [0.05, 0.1) is 27.9 Å². The summed E-state index contributed by atoms with van der Waals surface area (Å²) in [4.78, 5) is 59.1. The Kier molecular flexibility index (Phi) is 18.7. The van der Waals surface area contributed by atoms with E-state index in [1.807, 2.05) is 76.3 Å². The number of nitrogens with one attached hydrogen (secondary N) is 3. The van der Waals surface area contributed by atoms with Gasteiger partial charge in [-0.15, -0.1) is 0 Å². The Bertz CT molecular complexity index is 1930. The molecule has 1 saturated heterocycles. The minimum atomic E-state index is -1.83. The first-order valence-corrected chi connectivity index (χ1v) is 22.6. The van der Waals surface area contributed by atoms with Gasteiger partial charge in [-0.25, -0.2) is 4.79 Å². The van der Waals surface area contributed by atoms with Crippen LogP contribution in [-0.4, -0.2) is 109 Å². The molecule has 2 aliphatic heterocycles. The predicted octanol–water partition coefficient (Wildman–Crippen LogP) is 6.77. The smallest absolute Gasteiger partial charge is 0.332 e. The lowest BCUT2D eigenvalue weighted by Crippen LogP contribution is -2.61. The van der Waals surface area contributed by atoms with E-state index in [0.717, 1.165) is 12.1 Å². The molecule has 9 unspecified atom stereocenters. The fourth-order valence-corrected chi connectivity index (χ4v) is 8.40. The molecule has 3 amide bonds. The fourth-order valence-electron chi connectivity index (χ4n) is 7.76. The summed E-state index contributed by atoms with van der Waals surface area (Å²) < 4.78 is 24.0. The third-order valence-electron chi connectivity index (χ3n) is 11.8.